The van der Waals surface area contributed by atoms with E-state index in [0.717, 1.165) is 12.2 Å². The van der Waals surface area contributed by atoms with Gasteiger partial charge in [0.05, 0.1) is 0 Å². The lowest BCUT2D eigenvalue weighted by Gasteiger charge is -2.22. The van der Waals surface area contributed by atoms with Crippen molar-refractivity contribution in [3.8, 4) is 11.1 Å². The maximum atomic E-state index is 5.87. The van der Waals surface area contributed by atoms with E-state index in [2.05, 4.69) is 53.4 Å². The van der Waals surface area contributed by atoms with Crippen molar-refractivity contribution in [3.05, 3.63) is 54.6 Å². The summed E-state index contributed by atoms with van der Waals surface area (Å²) < 4.78 is 0. The van der Waals surface area contributed by atoms with Crippen molar-refractivity contribution in [1.29, 1.82) is 0 Å². The molecule has 0 aliphatic rings. The van der Waals surface area contributed by atoms with Crippen molar-refractivity contribution in [2.75, 3.05) is 25.0 Å². The van der Waals surface area contributed by atoms with E-state index >= 15 is 0 Å². The highest BCUT2D eigenvalue weighted by Gasteiger charge is 2.06. The highest BCUT2D eigenvalue weighted by molar-refractivity contribution is 5.66. The second kappa shape index (κ2) is 6.36. The van der Waals surface area contributed by atoms with Gasteiger partial charge in [0.25, 0.3) is 0 Å². The molecule has 4 N–H and O–H groups in total. The Morgan fingerprint density at radius 1 is 0.947 bits per heavy atom. The highest BCUT2D eigenvalue weighted by Crippen LogP contribution is 2.22. The first-order valence-electron chi connectivity index (χ1n) is 6.53. The summed E-state index contributed by atoms with van der Waals surface area (Å²) >= 11 is 0. The molecule has 0 aromatic heterocycles. The quantitative estimate of drug-likeness (QED) is 0.860. The van der Waals surface area contributed by atoms with Crippen molar-refractivity contribution in [3.63, 3.8) is 0 Å². The number of hydrogen-bond acceptors (Lipinski definition) is 3. The zero-order valence-corrected chi connectivity index (χ0v) is 11.3. The number of hydrogen-bond donors (Lipinski definition) is 2. The van der Waals surface area contributed by atoms with E-state index in [9.17, 15) is 0 Å². The molecule has 100 valence electrons. The van der Waals surface area contributed by atoms with Crippen molar-refractivity contribution < 1.29 is 0 Å². The molecule has 1 atom stereocenters. The van der Waals surface area contributed by atoms with Crippen LogP contribution in [0.3, 0.4) is 0 Å². The number of rotatable bonds is 5. The first kappa shape index (κ1) is 13.6. The monoisotopic (exact) mass is 255 g/mol. The molecule has 0 saturated heterocycles. The van der Waals surface area contributed by atoms with E-state index < -0.39 is 0 Å². The predicted octanol–water partition coefficient (Wildman–Crippen LogP) is 2.08. The van der Waals surface area contributed by atoms with Crippen LogP contribution in [0.1, 0.15) is 0 Å². The normalized spacial score (nSPS) is 12.2. The molecule has 3 heteroatoms. The average molecular weight is 255 g/mol. The van der Waals surface area contributed by atoms with E-state index in [1.165, 1.54) is 11.1 Å². The Labute approximate surface area is 114 Å². The fraction of sp³-hybridized carbons (Fsp3) is 0.250. The lowest BCUT2D eigenvalue weighted by atomic mass is 10.1. The van der Waals surface area contributed by atoms with E-state index in [-0.39, 0.29) is 6.04 Å². The summed E-state index contributed by atoms with van der Waals surface area (Å²) in [5.74, 6) is 0. The Balaban J connectivity index is 2.10. The van der Waals surface area contributed by atoms with Gasteiger partial charge >= 0.3 is 0 Å². The summed E-state index contributed by atoms with van der Waals surface area (Å²) in [6.45, 7) is 1.27. The molecule has 0 amide bonds. The number of nitrogens with zero attached hydrogens (tertiary/aromatic N) is 1. The van der Waals surface area contributed by atoms with E-state index in [0.29, 0.717) is 6.54 Å². The Morgan fingerprint density at radius 3 is 2.11 bits per heavy atom. The molecule has 2 aromatic carbocycles. The minimum atomic E-state index is 0.0128. The third-order valence-corrected chi connectivity index (χ3v) is 3.23. The van der Waals surface area contributed by atoms with E-state index in [1.54, 1.807) is 0 Å². The van der Waals surface area contributed by atoms with Crippen molar-refractivity contribution in [1.82, 2.24) is 0 Å². The van der Waals surface area contributed by atoms with Crippen molar-refractivity contribution in [2.45, 2.75) is 6.04 Å². The molecule has 0 spiro atoms. The molecule has 0 aliphatic carbocycles. The fourth-order valence-corrected chi connectivity index (χ4v) is 2.07. The molecule has 19 heavy (non-hydrogen) atoms. The number of likely N-dealkylation sites (N-methyl/N-ethyl adjacent to an activating group) is 1. The van der Waals surface area contributed by atoms with Crippen LogP contribution in [-0.2, 0) is 0 Å². The van der Waals surface area contributed by atoms with Gasteiger partial charge in [0.2, 0.25) is 0 Å². The second-order valence-electron chi connectivity index (χ2n) is 4.79. The topological polar surface area (TPSA) is 55.3 Å². The largest absolute Gasteiger partial charge is 0.373 e. The molecule has 2 rings (SSSR count). The smallest absolute Gasteiger partial charge is 0.0364 e. The van der Waals surface area contributed by atoms with Gasteiger partial charge in [0.15, 0.2) is 0 Å². The standard InChI is InChI=1S/C16H21N3/c1-19(12-15(18)11-17)16-9-7-14(8-10-16)13-5-3-2-4-6-13/h2-10,15H,11-12,17-18H2,1H3. The summed E-state index contributed by atoms with van der Waals surface area (Å²) in [4.78, 5) is 2.13. The molecule has 1 unspecified atom stereocenters. The number of anilines is 1. The van der Waals surface area contributed by atoms with E-state index in [4.69, 9.17) is 11.5 Å². The lowest BCUT2D eigenvalue weighted by Crippen LogP contribution is -2.40. The van der Waals surface area contributed by atoms with Gasteiger partial charge in [-0.3, -0.25) is 0 Å². The first-order valence-corrected chi connectivity index (χ1v) is 6.53. The van der Waals surface area contributed by atoms with Gasteiger partial charge in [0.1, 0.15) is 0 Å². The Hall–Kier alpha value is -1.84. The van der Waals surface area contributed by atoms with Gasteiger partial charge in [-0.2, -0.15) is 0 Å². The zero-order valence-electron chi connectivity index (χ0n) is 11.3. The van der Waals surface area contributed by atoms with Crippen LogP contribution in [-0.4, -0.2) is 26.2 Å². The molecule has 0 saturated carbocycles. The average Bonchev–Trinajstić information content (AvgIpc) is 2.48. The van der Waals surface area contributed by atoms with Crippen molar-refractivity contribution >= 4 is 5.69 Å². The summed E-state index contributed by atoms with van der Waals surface area (Å²) in [5, 5.41) is 0. The Kier molecular flexibility index (Phi) is 4.55. The molecule has 0 bridgehead atoms. The van der Waals surface area contributed by atoms with Crippen LogP contribution in [0.25, 0.3) is 11.1 Å². The maximum absolute atomic E-state index is 5.87. The van der Waals surface area contributed by atoms with Crippen LogP contribution in [0.5, 0.6) is 0 Å². The molecule has 0 radical (unpaired) electrons. The van der Waals surface area contributed by atoms with Crippen LogP contribution in [0.4, 0.5) is 5.69 Å². The summed E-state index contributed by atoms with van der Waals surface area (Å²) in [7, 11) is 2.03. The third kappa shape index (κ3) is 3.56. The summed E-state index contributed by atoms with van der Waals surface area (Å²) in [6.07, 6.45) is 0. The number of nitrogens with two attached hydrogens (primary N) is 2. The summed E-state index contributed by atoms with van der Waals surface area (Å²) in [5.41, 5.74) is 15.0. The van der Waals surface area contributed by atoms with Crippen LogP contribution in [0, 0.1) is 0 Å². The fourth-order valence-electron chi connectivity index (χ4n) is 2.07. The predicted molar refractivity (Wildman–Crippen MR) is 82.2 cm³/mol. The van der Waals surface area contributed by atoms with Crippen molar-refractivity contribution in [2.24, 2.45) is 11.5 Å². The van der Waals surface area contributed by atoms with Crippen LogP contribution in [0.15, 0.2) is 54.6 Å². The molecule has 0 fully saturated rings. The van der Waals surface area contributed by atoms with Gasteiger partial charge in [0, 0.05) is 31.9 Å². The minimum absolute atomic E-state index is 0.0128. The zero-order chi connectivity index (χ0) is 13.7. The lowest BCUT2D eigenvalue weighted by molar-refractivity contribution is 0.668. The Bertz CT molecular complexity index is 493. The summed E-state index contributed by atoms with van der Waals surface area (Å²) in [6, 6.07) is 18.9. The third-order valence-electron chi connectivity index (χ3n) is 3.23. The SMILES string of the molecule is CN(CC(N)CN)c1ccc(-c2ccccc2)cc1. The van der Waals surface area contributed by atoms with Gasteiger partial charge in [-0.15, -0.1) is 0 Å². The Morgan fingerprint density at radius 2 is 1.53 bits per heavy atom. The van der Waals surface area contributed by atoms with Crippen LogP contribution < -0.4 is 16.4 Å². The molecular weight excluding hydrogens is 234 g/mol. The maximum Gasteiger partial charge on any atom is 0.0364 e. The van der Waals surface area contributed by atoms with Gasteiger partial charge in [-0.1, -0.05) is 42.5 Å². The molecule has 0 aliphatic heterocycles. The van der Waals surface area contributed by atoms with E-state index in [1.807, 2.05) is 13.1 Å². The van der Waals surface area contributed by atoms with Gasteiger partial charge in [-0.25, -0.2) is 0 Å². The molecule has 3 nitrogen and oxygen atoms in total. The number of benzene rings is 2. The van der Waals surface area contributed by atoms with Gasteiger partial charge < -0.3 is 16.4 Å². The molecule has 0 heterocycles. The second-order valence-corrected chi connectivity index (χ2v) is 4.79. The minimum Gasteiger partial charge on any atom is -0.373 e. The van der Waals surface area contributed by atoms with Crippen LogP contribution in [0.2, 0.25) is 0 Å². The molecular formula is C16H21N3. The first-order chi connectivity index (χ1) is 9.20. The molecule has 2 aromatic rings. The highest BCUT2D eigenvalue weighted by atomic mass is 15.1. The van der Waals surface area contributed by atoms with Crippen LogP contribution >= 0.6 is 0 Å². The van der Waals surface area contributed by atoms with Gasteiger partial charge in [-0.05, 0) is 23.3 Å².